The Balaban J connectivity index is 2.42. The summed E-state index contributed by atoms with van der Waals surface area (Å²) in [6, 6.07) is 3.50. The van der Waals surface area contributed by atoms with E-state index in [9.17, 15) is 4.39 Å². The zero-order valence-electron chi connectivity index (χ0n) is 8.18. The van der Waals surface area contributed by atoms with Crippen LogP contribution in [0.3, 0.4) is 0 Å². The van der Waals surface area contributed by atoms with Gasteiger partial charge in [0.25, 0.3) is 0 Å². The highest BCUT2D eigenvalue weighted by atomic mass is 79.9. The molecule has 0 aliphatic rings. The number of thiazole rings is 1. The van der Waals surface area contributed by atoms with E-state index in [-0.39, 0.29) is 5.82 Å². The van der Waals surface area contributed by atoms with Gasteiger partial charge in [0, 0.05) is 6.54 Å². The van der Waals surface area contributed by atoms with Gasteiger partial charge in [-0.2, -0.15) is 0 Å². The number of hydrogen-bond donors (Lipinski definition) is 1. The van der Waals surface area contributed by atoms with E-state index in [1.165, 1.54) is 11.3 Å². The van der Waals surface area contributed by atoms with Gasteiger partial charge in [-0.15, -0.1) is 0 Å². The Labute approximate surface area is 99.7 Å². The van der Waals surface area contributed by atoms with Gasteiger partial charge in [-0.3, -0.25) is 0 Å². The average molecular weight is 289 g/mol. The fourth-order valence-corrected chi connectivity index (χ4v) is 2.63. The number of aromatic nitrogens is 1. The summed E-state index contributed by atoms with van der Waals surface area (Å²) in [5.41, 5.74) is 0.708. The van der Waals surface area contributed by atoms with Gasteiger partial charge in [0.1, 0.15) is 0 Å². The Kier molecular flexibility index (Phi) is 3.21. The van der Waals surface area contributed by atoms with Crippen LogP contribution in [-0.4, -0.2) is 11.5 Å². The van der Waals surface area contributed by atoms with E-state index in [0.717, 1.165) is 18.1 Å². The van der Waals surface area contributed by atoms with E-state index in [1.54, 1.807) is 6.07 Å². The minimum atomic E-state index is -0.227. The zero-order valence-corrected chi connectivity index (χ0v) is 10.6. The maximum atomic E-state index is 13.6. The summed E-state index contributed by atoms with van der Waals surface area (Å²) in [5.74, 6) is -0.227. The van der Waals surface area contributed by atoms with E-state index in [0.29, 0.717) is 14.7 Å². The lowest BCUT2D eigenvalue weighted by Crippen LogP contribution is -1.98. The molecule has 0 radical (unpaired) electrons. The van der Waals surface area contributed by atoms with Gasteiger partial charge in [-0.05, 0) is 34.5 Å². The fraction of sp³-hybridized carbons (Fsp3) is 0.300. The molecule has 0 fully saturated rings. The molecule has 1 heterocycles. The zero-order chi connectivity index (χ0) is 10.8. The molecule has 80 valence electrons. The van der Waals surface area contributed by atoms with Crippen molar-refractivity contribution < 1.29 is 4.39 Å². The molecule has 1 N–H and O–H groups in total. The fourth-order valence-electron chi connectivity index (χ4n) is 1.24. The van der Waals surface area contributed by atoms with Crippen LogP contribution in [0.4, 0.5) is 9.52 Å². The second-order valence-electron chi connectivity index (χ2n) is 3.16. The SMILES string of the molecule is CCCNc1nc2ccc(Br)c(F)c2s1. The normalized spacial score (nSPS) is 10.9. The first-order valence-electron chi connectivity index (χ1n) is 4.70. The van der Waals surface area contributed by atoms with Gasteiger partial charge in [0.2, 0.25) is 0 Å². The van der Waals surface area contributed by atoms with Crippen molar-refractivity contribution in [2.75, 3.05) is 11.9 Å². The monoisotopic (exact) mass is 288 g/mol. The van der Waals surface area contributed by atoms with Gasteiger partial charge < -0.3 is 5.32 Å². The Bertz CT molecular complexity index is 483. The number of rotatable bonds is 3. The lowest BCUT2D eigenvalue weighted by molar-refractivity contribution is 0.635. The Morgan fingerprint density at radius 1 is 1.53 bits per heavy atom. The molecule has 0 saturated heterocycles. The van der Waals surface area contributed by atoms with Crippen LogP contribution in [0.15, 0.2) is 16.6 Å². The second kappa shape index (κ2) is 4.45. The third kappa shape index (κ3) is 2.13. The summed E-state index contributed by atoms with van der Waals surface area (Å²) < 4.78 is 14.7. The number of benzene rings is 1. The van der Waals surface area contributed by atoms with Crippen molar-refractivity contribution in [1.29, 1.82) is 0 Å². The smallest absolute Gasteiger partial charge is 0.183 e. The predicted molar refractivity (Wildman–Crippen MR) is 66.1 cm³/mol. The molecule has 0 aliphatic carbocycles. The van der Waals surface area contributed by atoms with Crippen LogP contribution in [0.2, 0.25) is 0 Å². The maximum absolute atomic E-state index is 13.6. The van der Waals surface area contributed by atoms with Crippen LogP contribution in [0.1, 0.15) is 13.3 Å². The molecule has 2 rings (SSSR count). The molecule has 0 spiro atoms. The quantitative estimate of drug-likeness (QED) is 0.923. The number of halogens is 2. The standard InChI is InChI=1S/C10H10BrFN2S/c1-2-5-13-10-14-7-4-3-6(11)8(12)9(7)15-10/h3-4H,2,5H2,1H3,(H,13,14). The first-order valence-corrected chi connectivity index (χ1v) is 6.31. The van der Waals surface area contributed by atoms with Crippen LogP contribution in [0, 0.1) is 5.82 Å². The highest BCUT2D eigenvalue weighted by Crippen LogP contribution is 2.31. The van der Waals surface area contributed by atoms with Crippen molar-refractivity contribution in [2.24, 2.45) is 0 Å². The third-order valence-corrected chi connectivity index (χ3v) is 3.61. The minimum absolute atomic E-state index is 0.227. The van der Waals surface area contributed by atoms with Crippen molar-refractivity contribution in [2.45, 2.75) is 13.3 Å². The Hall–Kier alpha value is -0.680. The summed E-state index contributed by atoms with van der Waals surface area (Å²) >= 11 is 4.51. The van der Waals surface area contributed by atoms with Crippen molar-refractivity contribution in [3.63, 3.8) is 0 Å². The number of hydrogen-bond acceptors (Lipinski definition) is 3. The topological polar surface area (TPSA) is 24.9 Å². The van der Waals surface area contributed by atoms with Gasteiger partial charge >= 0.3 is 0 Å². The molecular formula is C10H10BrFN2S. The molecule has 0 saturated carbocycles. The lowest BCUT2D eigenvalue weighted by Gasteiger charge is -1.95. The van der Waals surface area contributed by atoms with Gasteiger partial charge in [0.15, 0.2) is 10.9 Å². The number of nitrogens with zero attached hydrogens (tertiary/aromatic N) is 1. The first kappa shape index (κ1) is 10.8. The van der Waals surface area contributed by atoms with Crippen LogP contribution in [-0.2, 0) is 0 Å². The minimum Gasteiger partial charge on any atom is -0.361 e. The van der Waals surface area contributed by atoms with Crippen LogP contribution in [0.5, 0.6) is 0 Å². The van der Waals surface area contributed by atoms with E-state index >= 15 is 0 Å². The molecule has 15 heavy (non-hydrogen) atoms. The summed E-state index contributed by atoms with van der Waals surface area (Å²) in [6.45, 7) is 2.94. The van der Waals surface area contributed by atoms with E-state index in [4.69, 9.17) is 0 Å². The van der Waals surface area contributed by atoms with Gasteiger partial charge in [-0.25, -0.2) is 9.37 Å². The molecule has 0 aliphatic heterocycles. The molecule has 2 aromatic rings. The molecule has 0 amide bonds. The molecular weight excluding hydrogens is 279 g/mol. The van der Waals surface area contributed by atoms with Crippen molar-refractivity contribution >= 4 is 42.6 Å². The number of fused-ring (bicyclic) bond motifs is 1. The van der Waals surface area contributed by atoms with Gasteiger partial charge in [0.05, 0.1) is 14.7 Å². The van der Waals surface area contributed by atoms with Crippen molar-refractivity contribution in [3.05, 3.63) is 22.4 Å². The Morgan fingerprint density at radius 3 is 3.07 bits per heavy atom. The van der Waals surface area contributed by atoms with E-state index in [2.05, 4.69) is 33.2 Å². The molecule has 0 unspecified atom stereocenters. The molecule has 1 aromatic heterocycles. The summed E-state index contributed by atoms with van der Waals surface area (Å²) in [5, 5.41) is 3.94. The summed E-state index contributed by atoms with van der Waals surface area (Å²) in [6.07, 6.45) is 1.03. The highest BCUT2D eigenvalue weighted by Gasteiger charge is 2.10. The number of nitrogens with one attached hydrogen (secondary N) is 1. The molecule has 0 bridgehead atoms. The lowest BCUT2D eigenvalue weighted by atomic mass is 10.3. The third-order valence-electron chi connectivity index (χ3n) is 1.98. The second-order valence-corrected chi connectivity index (χ2v) is 5.01. The highest BCUT2D eigenvalue weighted by molar-refractivity contribution is 9.10. The van der Waals surface area contributed by atoms with Gasteiger partial charge in [-0.1, -0.05) is 18.3 Å². The molecule has 1 aromatic carbocycles. The van der Waals surface area contributed by atoms with Crippen LogP contribution in [0.25, 0.3) is 10.2 Å². The first-order chi connectivity index (χ1) is 7.22. The largest absolute Gasteiger partial charge is 0.361 e. The van der Waals surface area contributed by atoms with Crippen molar-refractivity contribution in [1.82, 2.24) is 4.98 Å². The summed E-state index contributed by atoms with van der Waals surface area (Å²) in [7, 11) is 0. The maximum Gasteiger partial charge on any atom is 0.183 e. The van der Waals surface area contributed by atoms with Crippen LogP contribution >= 0.6 is 27.3 Å². The van der Waals surface area contributed by atoms with E-state index < -0.39 is 0 Å². The molecule has 5 heteroatoms. The molecule has 2 nitrogen and oxygen atoms in total. The van der Waals surface area contributed by atoms with E-state index in [1.807, 2.05) is 6.07 Å². The Morgan fingerprint density at radius 2 is 2.33 bits per heavy atom. The predicted octanol–water partition coefficient (Wildman–Crippen LogP) is 4.02. The number of anilines is 1. The summed E-state index contributed by atoms with van der Waals surface area (Å²) in [4.78, 5) is 4.30. The molecule has 0 atom stereocenters. The van der Waals surface area contributed by atoms with Crippen LogP contribution < -0.4 is 5.32 Å². The van der Waals surface area contributed by atoms with Crippen molar-refractivity contribution in [3.8, 4) is 0 Å². The average Bonchev–Trinajstić information content (AvgIpc) is 2.64.